The SMILES string of the molecule is [c]1cncc2c1ccc1ncccc12. The lowest BCUT2D eigenvalue weighted by atomic mass is 10.1. The van der Waals surface area contributed by atoms with E-state index in [1.807, 2.05) is 24.4 Å². The molecule has 2 heteroatoms. The maximum absolute atomic E-state index is 4.29. The van der Waals surface area contributed by atoms with Gasteiger partial charge in [-0.2, -0.15) is 0 Å². The second-order valence-electron chi connectivity index (χ2n) is 3.15. The van der Waals surface area contributed by atoms with Gasteiger partial charge in [0.15, 0.2) is 0 Å². The van der Waals surface area contributed by atoms with Crippen LogP contribution in [0.2, 0.25) is 0 Å². The monoisotopic (exact) mass is 179 g/mol. The van der Waals surface area contributed by atoms with Crippen molar-refractivity contribution in [2.75, 3.05) is 0 Å². The molecule has 0 saturated heterocycles. The molecule has 0 N–H and O–H groups in total. The number of pyridine rings is 2. The van der Waals surface area contributed by atoms with E-state index >= 15 is 0 Å². The first-order valence-corrected chi connectivity index (χ1v) is 4.44. The van der Waals surface area contributed by atoms with E-state index < -0.39 is 0 Å². The van der Waals surface area contributed by atoms with Gasteiger partial charge >= 0.3 is 0 Å². The van der Waals surface area contributed by atoms with E-state index in [0.717, 1.165) is 21.7 Å². The Hall–Kier alpha value is -1.96. The molecule has 2 nitrogen and oxygen atoms in total. The molecule has 0 fully saturated rings. The molecule has 0 aliphatic heterocycles. The van der Waals surface area contributed by atoms with Crippen LogP contribution in [0.25, 0.3) is 21.7 Å². The second-order valence-corrected chi connectivity index (χ2v) is 3.15. The first-order chi connectivity index (χ1) is 6.95. The lowest BCUT2D eigenvalue weighted by Crippen LogP contribution is -1.81. The minimum Gasteiger partial charge on any atom is -0.263 e. The van der Waals surface area contributed by atoms with E-state index in [4.69, 9.17) is 0 Å². The Morgan fingerprint density at radius 1 is 1.07 bits per heavy atom. The van der Waals surface area contributed by atoms with Crippen molar-refractivity contribution >= 4 is 21.7 Å². The summed E-state index contributed by atoms with van der Waals surface area (Å²) in [4.78, 5) is 8.37. The zero-order chi connectivity index (χ0) is 9.38. The van der Waals surface area contributed by atoms with E-state index in [-0.39, 0.29) is 0 Å². The molecule has 0 spiro atoms. The van der Waals surface area contributed by atoms with Gasteiger partial charge in [0.1, 0.15) is 0 Å². The molecule has 0 atom stereocenters. The summed E-state index contributed by atoms with van der Waals surface area (Å²) < 4.78 is 0. The summed E-state index contributed by atoms with van der Waals surface area (Å²) in [5, 5.41) is 3.33. The van der Waals surface area contributed by atoms with Gasteiger partial charge in [0.2, 0.25) is 0 Å². The molecule has 3 aromatic rings. The molecule has 0 bridgehead atoms. The maximum atomic E-state index is 4.29. The van der Waals surface area contributed by atoms with Crippen LogP contribution in [0.1, 0.15) is 0 Å². The minimum absolute atomic E-state index is 1.00. The predicted octanol–water partition coefficient (Wildman–Crippen LogP) is 2.58. The zero-order valence-corrected chi connectivity index (χ0v) is 7.44. The summed E-state index contributed by atoms with van der Waals surface area (Å²) >= 11 is 0. The third-order valence-electron chi connectivity index (χ3n) is 2.32. The summed E-state index contributed by atoms with van der Waals surface area (Å²) in [6.45, 7) is 0. The van der Waals surface area contributed by atoms with Gasteiger partial charge in [0, 0.05) is 35.4 Å². The Kier molecular flexibility index (Phi) is 1.47. The number of hydrogen-bond acceptors (Lipinski definition) is 2. The molecule has 0 amide bonds. The Labute approximate surface area is 81.2 Å². The van der Waals surface area contributed by atoms with Gasteiger partial charge in [-0.3, -0.25) is 9.97 Å². The minimum atomic E-state index is 1.00. The van der Waals surface area contributed by atoms with E-state index in [1.54, 1.807) is 12.4 Å². The van der Waals surface area contributed by atoms with Gasteiger partial charge in [-0.1, -0.05) is 12.1 Å². The highest BCUT2D eigenvalue weighted by Gasteiger charge is 1.99. The zero-order valence-electron chi connectivity index (χ0n) is 7.44. The largest absolute Gasteiger partial charge is 0.263 e. The highest BCUT2D eigenvalue weighted by molar-refractivity contribution is 6.05. The van der Waals surface area contributed by atoms with Crippen molar-refractivity contribution in [2.24, 2.45) is 0 Å². The van der Waals surface area contributed by atoms with E-state index in [0.29, 0.717) is 0 Å². The van der Waals surface area contributed by atoms with Crippen LogP contribution in [-0.2, 0) is 0 Å². The van der Waals surface area contributed by atoms with Crippen LogP contribution in [0.4, 0.5) is 0 Å². The Morgan fingerprint density at radius 2 is 2.07 bits per heavy atom. The third-order valence-corrected chi connectivity index (χ3v) is 2.32. The average molecular weight is 179 g/mol. The molecular weight excluding hydrogens is 172 g/mol. The Morgan fingerprint density at radius 3 is 3.07 bits per heavy atom. The van der Waals surface area contributed by atoms with E-state index in [9.17, 15) is 0 Å². The number of hydrogen-bond donors (Lipinski definition) is 0. The third kappa shape index (κ3) is 0.973. The molecule has 65 valence electrons. The normalized spacial score (nSPS) is 10.9. The lowest BCUT2D eigenvalue weighted by molar-refractivity contribution is 1.36. The number of nitrogens with zero attached hydrogens (tertiary/aromatic N) is 2. The van der Waals surface area contributed by atoms with Crippen LogP contribution in [0.15, 0.2) is 42.9 Å². The summed E-state index contributed by atoms with van der Waals surface area (Å²) in [5.41, 5.74) is 1.00. The standard InChI is InChI=1S/C12H7N2/c1-2-10-11-8-13-7-5-9(11)3-4-12(10)14-6-1/h1-4,6-8H. The van der Waals surface area contributed by atoms with Crippen LogP contribution < -0.4 is 0 Å². The first-order valence-electron chi connectivity index (χ1n) is 4.44. The molecule has 1 radical (unpaired) electrons. The number of aromatic nitrogens is 2. The fourth-order valence-corrected chi connectivity index (χ4v) is 1.66. The topological polar surface area (TPSA) is 25.8 Å². The molecule has 0 saturated carbocycles. The van der Waals surface area contributed by atoms with Gasteiger partial charge in [0.25, 0.3) is 0 Å². The van der Waals surface area contributed by atoms with Crippen LogP contribution >= 0.6 is 0 Å². The molecule has 1 aromatic carbocycles. The highest BCUT2D eigenvalue weighted by atomic mass is 14.6. The predicted molar refractivity (Wildman–Crippen MR) is 55.9 cm³/mol. The van der Waals surface area contributed by atoms with Gasteiger partial charge < -0.3 is 0 Å². The molecular formula is C12H7N2. The lowest BCUT2D eigenvalue weighted by Gasteiger charge is -2.00. The molecule has 3 rings (SSSR count). The van der Waals surface area contributed by atoms with Crippen molar-refractivity contribution in [3.63, 3.8) is 0 Å². The van der Waals surface area contributed by atoms with Crippen LogP contribution in [-0.4, -0.2) is 9.97 Å². The number of rotatable bonds is 0. The maximum Gasteiger partial charge on any atom is 0.0708 e. The van der Waals surface area contributed by atoms with Crippen LogP contribution in [0, 0.1) is 6.07 Å². The van der Waals surface area contributed by atoms with E-state index in [1.165, 1.54) is 0 Å². The second kappa shape index (κ2) is 2.77. The molecule has 0 aliphatic rings. The summed E-state index contributed by atoms with van der Waals surface area (Å²) in [6.07, 6.45) is 5.34. The summed E-state index contributed by atoms with van der Waals surface area (Å²) in [7, 11) is 0. The van der Waals surface area contributed by atoms with Gasteiger partial charge in [-0.05, 0) is 17.5 Å². The van der Waals surface area contributed by atoms with Crippen molar-refractivity contribution in [3.05, 3.63) is 48.9 Å². The van der Waals surface area contributed by atoms with Crippen LogP contribution in [0.3, 0.4) is 0 Å². The fraction of sp³-hybridized carbons (Fsp3) is 0. The first kappa shape index (κ1) is 7.44. The smallest absolute Gasteiger partial charge is 0.0708 e. The highest BCUT2D eigenvalue weighted by Crippen LogP contribution is 2.21. The van der Waals surface area contributed by atoms with Crippen molar-refractivity contribution in [1.29, 1.82) is 0 Å². The average Bonchev–Trinajstić information content (AvgIpc) is 2.29. The molecule has 14 heavy (non-hydrogen) atoms. The summed E-state index contributed by atoms with van der Waals surface area (Å²) in [6, 6.07) is 11.1. The van der Waals surface area contributed by atoms with Crippen molar-refractivity contribution in [2.45, 2.75) is 0 Å². The summed E-state index contributed by atoms with van der Waals surface area (Å²) in [5.74, 6) is 0. The Bertz CT molecular complexity index is 547. The van der Waals surface area contributed by atoms with Gasteiger partial charge in [0.05, 0.1) is 5.52 Å². The molecule has 0 aliphatic carbocycles. The number of benzene rings is 1. The van der Waals surface area contributed by atoms with E-state index in [2.05, 4.69) is 22.1 Å². The number of fused-ring (bicyclic) bond motifs is 3. The van der Waals surface area contributed by atoms with Crippen LogP contribution in [0.5, 0.6) is 0 Å². The van der Waals surface area contributed by atoms with Gasteiger partial charge in [-0.25, -0.2) is 0 Å². The molecule has 0 unspecified atom stereocenters. The van der Waals surface area contributed by atoms with Gasteiger partial charge in [-0.15, -0.1) is 0 Å². The fourth-order valence-electron chi connectivity index (χ4n) is 1.66. The quantitative estimate of drug-likeness (QED) is 0.496. The molecule has 2 aromatic heterocycles. The van der Waals surface area contributed by atoms with Crippen molar-refractivity contribution < 1.29 is 0 Å². The van der Waals surface area contributed by atoms with Crippen molar-refractivity contribution in [3.8, 4) is 0 Å². The molecule has 2 heterocycles. The van der Waals surface area contributed by atoms with Crippen molar-refractivity contribution in [1.82, 2.24) is 9.97 Å². The Balaban J connectivity index is 2.61.